The Morgan fingerprint density at radius 3 is 2.58 bits per heavy atom. The molecule has 0 saturated heterocycles. The Kier molecular flexibility index (Phi) is 8.10. The number of ketones is 1. The number of Topliss-reactive ketones (excluding diaryl/α,β-unsaturated/α-hetero) is 1. The molecule has 0 amide bonds. The fraction of sp³-hybridized carbons (Fsp3) is 0.400. The van der Waals surface area contributed by atoms with E-state index in [9.17, 15) is 9.18 Å². The number of nitrogens with one attached hydrogen (secondary N) is 1. The molecule has 0 saturated carbocycles. The van der Waals surface area contributed by atoms with Crippen molar-refractivity contribution in [3.8, 4) is 0 Å². The van der Waals surface area contributed by atoms with Crippen LogP contribution in [0.5, 0.6) is 0 Å². The zero-order chi connectivity index (χ0) is 18.1. The van der Waals surface area contributed by atoms with Crippen molar-refractivity contribution in [2.24, 2.45) is 4.99 Å². The third-order valence-corrected chi connectivity index (χ3v) is 3.63. The van der Waals surface area contributed by atoms with Gasteiger partial charge in [-0.1, -0.05) is 38.5 Å². The van der Waals surface area contributed by atoms with Gasteiger partial charge >= 0.3 is 0 Å². The molecule has 0 aliphatic rings. The van der Waals surface area contributed by atoms with Crippen LogP contribution in [0.3, 0.4) is 0 Å². The number of hydrogen-bond donors (Lipinski definition) is 1. The molecule has 0 aromatic heterocycles. The van der Waals surface area contributed by atoms with Gasteiger partial charge in [-0.05, 0) is 50.0 Å². The Bertz CT molecular complexity index is 660. The van der Waals surface area contributed by atoms with E-state index in [1.807, 2.05) is 13.1 Å². The quantitative estimate of drug-likeness (QED) is 0.392. The lowest BCUT2D eigenvalue weighted by atomic mass is 10.0. The van der Waals surface area contributed by atoms with Gasteiger partial charge in [-0.25, -0.2) is 9.38 Å². The average molecular weight is 330 g/mol. The minimum atomic E-state index is -0.385. The van der Waals surface area contributed by atoms with Crippen LogP contribution < -0.4 is 5.32 Å². The Balaban J connectivity index is 2.86. The first-order chi connectivity index (χ1) is 11.4. The molecular weight excluding hydrogens is 303 g/mol. The van der Waals surface area contributed by atoms with Gasteiger partial charge in [-0.15, -0.1) is 0 Å². The molecule has 0 fully saturated rings. The molecule has 0 atom stereocenters. The molecule has 0 spiro atoms. The first-order valence-electron chi connectivity index (χ1n) is 8.33. The lowest BCUT2D eigenvalue weighted by Gasteiger charge is -2.09. The van der Waals surface area contributed by atoms with E-state index in [1.54, 1.807) is 12.1 Å². The standard InChI is InChI=1S/C20H27FN2O/c1-6-8-18(14(3)7-2)13-22-16(5)23-19-10-9-17(11-15(4)24)20(21)12-19/h9-10,12-13H,3,6-8,11H2,1-2,4-5H3,(H,22,23)/b18-13-. The van der Waals surface area contributed by atoms with Crippen molar-refractivity contribution in [2.75, 3.05) is 5.32 Å². The van der Waals surface area contributed by atoms with E-state index in [2.05, 4.69) is 30.7 Å². The molecule has 0 aliphatic carbocycles. The largest absolute Gasteiger partial charge is 0.344 e. The van der Waals surface area contributed by atoms with Crippen molar-refractivity contribution in [2.45, 2.75) is 53.4 Å². The van der Waals surface area contributed by atoms with E-state index in [1.165, 1.54) is 13.0 Å². The third-order valence-electron chi connectivity index (χ3n) is 3.63. The van der Waals surface area contributed by atoms with Crippen molar-refractivity contribution >= 4 is 17.3 Å². The van der Waals surface area contributed by atoms with Gasteiger partial charge in [0.15, 0.2) is 0 Å². The number of carbonyl (C=O) groups is 1. The Morgan fingerprint density at radius 1 is 1.33 bits per heavy atom. The molecular formula is C20H27FN2O. The van der Waals surface area contributed by atoms with Gasteiger partial charge in [-0.2, -0.15) is 0 Å². The highest BCUT2D eigenvalue weighted by molar-refractivity contribution is 5.94. The van der Waals surface area contributed by atoms with Crippen molar-refractivity contribution < 1.29 is 9.18 Å². The molecule has 0 radical (unpaired) electrons. The summed E-state index contributed by atoms with van der Waals surface area (Å²) in [5.74, 6) is 0.230. The Hall–Kier alpha value is -2.23. The molecule has 1 rings (SSSR count). The second kappa shape index (κ2) is 9.81. The molecule has 1 aromatic rings. The first-order valence-corrected chi connectivity index (χ1v) is 8.33. The Morgan fingerprint density at radius 2 is 2.04 bits per heavy atom. The van der Waals surface area contributed by atoms with E-state index in [0.717, 1.165) is 30.4 Å². The topological polar surface area (TPSA) is 41.5 Å². The number of nitrogens with zero attached hydrogens (tertiary/aromatic N) is 1. The predicted octanol–water partition coefficient (Wildman–Crippen LogP) is 5.44. The lowest BCUT2D eigenvalue weighted by Crippen LogP contribution is -2.08. The fourth-order valence-electron chi connectivity index (χ4n) is 2.28. The van der Waals surface area contributed by atoms with Gasteiger partial charge in [0.1, 0.15) is 17.4 Å². The summed E-state index contributed by atoms with van der Waals surface area (Å²) in [6.45, 7) is 11.5. The molecule has 0 heterocycles. The van der Waals surface area contributed by atoms with Gasteiger partial charge in [0.05, 0.1) is 0 Å². The second-order valence-electron chi connectivity index (χ2n) is 5.89. The molecule has 0 bridgehead atoms. The van der Waals surface area contributed by atoms with E-state index in [4.69, 9.17) is 0 Å². The van der Waals surface area contributed by atoms with Crippen LogP contribution in [0.4, 0.5) is 10.1 Å². The maximum atomic E-state index is 14.0. The summed E-state index contributed by atoms with van der Waals surface area (Å²) in [7, 11) is 0. The van der Waals surface area contributed by atoms with Gasteiger partial charge in [0, 0.05) is 18.3 Å². The molecule has 0 aliphatic heterocycles. The minimum absolute atomic E-state index is 0.0582. The van der Waals surface area contributed by atoms with Gasteiger partial charge in [0.2, 0.25) is 0 Å². The van der Waals surface area contributed by atoms with Crippen LogP contribution >= 0.6 is 0 Å². The molecule has 3 nitrogen and oxygen atoms in total. The minimum Gasteiger partial charge on any atom is -0.344 e. The molecule has 24 heavy (non-hydrogen) atoms. The van der Waals surface area contributed by atoms with Gasteiger partial charge < -0.3 is 5.32 Å². The summed E-state index contributed by atoms with van der Waals surface area (Å²) >= 11 is 0. The summed E-state index contributed by atoms with van der Waals surface area (Å²) in [4.78, 5) is 15.5. The normalized spacial score (nSPS) is 12.2. The van der Waals surface area contributed by atoms with E-state index in [-0.39, 0.29) is 18.0 Å². The van der Waals surface area contributed by atoms with Crippen molar-refractivity contribution in [3.05, 3.63) is 53.5 Å². The third kappa shape index (κ3) is 6.49. The van der Waals surface area contributed by atoms with Crippen LogP contribution in [-0.2, 0) is 11.2 Å². The van der Waals surface area contributed by atoms with Gasteiger partial charge in [-0.3, -0.25) is 4.79 Å². The van der Waals surface area contributed by atoms with Crippen molar-refractivity contribution in [3.63, 3.8) is 0 Å². The number of aliphatic imine (C=N–C) groups is 1. The number of halogens is 1. The van der Waals surface area contributed by atoms with Crippen molar-refractivity contribution in [1.82, 2.24) is 0 Å². The van der Waals surface area contributed by atoms with Crippen LogP contribution in [0.1, 0.15) is 52.5 Å². The van der Waals surface area contributed by atoms with E-state index < -0.39 is 0 Å². The van der Waals surface area contributed by atoms with Crippen LogP contribution in [0, 0.1) is 5.82 Å². The molecule has 130 valence electrons. The van der Waals surface area contributed by atoms with Crippen LogP contribution in [0.25, 0.3) is 0 Å². The number of amidine groups is 1. The van der Waals surface area contributed by atoms with E-state index >= 15 is 0 Å². The number of anilines is 1. The molecule has 1 aromatic carbocycles. The van der Waals surface area contributed by atoms with Crippen LogP contribution in [0.2, 0.25) is 0 Å². The number of hydrogen-bond acceptors (Lipinski definition) is 2. The lowest BCUT2D eigenvalue weighted by molar-refractivity contribution is -0.116. The summed E-state index contributed by atoms with van der Waals surface area (Å²) in [5, 5.41) is 3.07. The zero-order valence-electron chi connectivity index (χ0n) is 15.1. The summed E-state index contributed by atoms with van der Waals surface area (Å²) in [6, 6.07) is 4.77. The monoisotopic (exact) mass is 330 g/mol. The number of rotatable bonds is 8. The molecule has 0 unspecified atom stereocenters. The second-order valence-corrected chi connectivity index (χ2v) is 5.89. The first kappa shape index (κ1) is 19.8. The predicted molar refractivity (Wildman–Crippen MR) is 99.9 cm³/mol. The van der Waals surface area contributed by atoms with Gasteiger partial charge in [0.25, 0.3) is 0 Å². The fourth-order valence-corrected chi connectivity index (χ4v) is 2.28. The molecule has 1 N–H and O–H groups in total. The SMILES string of the molecule is C=C(CC)/C(=C\N=C(C)Nc1ccc(CC(C)=O)c(F)c1)CCC. The summed E-state index contributed by atoms with van der Waals surface area (Å²) < 4.78 is 14.0. The van der Waals surface area contributed by atoms with Crippen LogP contribution in [0.15, 0.2) is 47.1 Å². The smallest absolute Gasteiger partial charge is 0.134 e. The highest BCUT2D eigenvalue weighted by Gasteiger charge is 2.06. The summed E-state index contributed by atoms with van der Waals surface area (Å²) in [5.41, 5.74) is 3.25. The van der Waals surface area contributed by atoms with E-state index in [0.29, 0.717) is 17.1 Å². The number of allylic oxidation sites excluding steroid dienone is 2. The van der Waals surface area contributed by atoms with Crippen LogP contribution in [-0.4, -0.2) is 11.6 Å². The number of carbonyl (C=O) groups excluding carboxylic acids is 1. The Labute approximate surface area is 144 Å². The highest BCUT2D eigenvalue weighted by Crippen LogP contribution is 2.18. The highest BCUT2D eigenvalue weighted by atomic mass is 19.1. The number of benzene rings is 1. The molecule has 4 heteroatoms. The maximum Gasteiger partial charge on any atom is 0.134 e. The zero-order valence-corrected chi connectivity index (χ0v) is 15.1. The van der Waals surface area contributed by atoms with Crippen molar-refractivity contribution in [1.29, 1.82) is 0 Å². The maximum absolute atomic E-state index is 14.0. The average Bonchev–Trinajstić information content (AvgIpc) is 2.53. The summed E-state index contributed by atoms with van der Waals surface area (Å²) in [6.07, 6.45) is 4.82.